The molecule has 0 amide bonds. The molecule has 0 bridgehead atoms. The fourth-order valence-electron chi connectivity index (χ4n) is 2.85. The minimum absolute atomic E-state index is 0.333. The molecule has 2 rings (SSSR count). The lowest BCUT2D eigenvalue weighted by atomic mass is 9.87. The van der Waals surface area contributed by atoms with Crippen molar-refractivity contribution in [2.24, 2.45) is 5.92 Å². The molecule has 0 radical (unpaired) electrons. The molecule has 1 N–H and O–H groups in total. The summed E-state index contributed by atoms with van der Waals surface area (Å²) in [7, 11) is 2.03. The molecular weight excluding hydrogens is 290 g/mol. The van der Waals surface area contributed by atoms with E-state index in [9.17, 15) is 0 Å². The van der Waals surface area contributed by atoms with Gasteiger partial charge in [0.15, 0.2) is 0 Å². The number of benzene rings is 1. The van der Waals surface area contributed by atoms with Gasteiger partial charge in [-0.1, -0.05) is 35.8 Å². The zero-order chi connectivity index (χ0) is 13.1. The Labute approximate surface area is 118 Å². The Bertz CT molecular complexity index is 403. The molecule has 1 aliphatic heterocycles. The number of nitrogens with one attached hydrogen (secondary N) is 1. The van der Waals surface area contributed by atoms with Crippen LogP contribution in [0.2, 0.25) is 0 Å². The SMILES string of the molecule is CCC(CC)C1CC(NC)c2ccc(Br)cc2O1. The van der Waals surface area contributed by atoms with Gasteiger partial charge in [0.25, 0.3) is 0 Å². The standard InChI is InChI=1S/C15H22BrNO/c1-4-10(5-2)14-9-13(17-3)12-7-6-11(16)8-15(12)18-14/h6-8,10,13-14,17H,4-5,9H2,1-3H3. The highest BCUT2D eigenvalue weighted by Crippen LogP contribution is 2.39. The first-order chi connectivity index (χ1) is 8.69. The minimum atomic E-state index is 0.333. The van der Waals surface area contributed by atoms with E-state index in [1.54, 1.807) is 0 Å². The molecule has 1 aromatic carbocycles. The average molecular weight is 312 g/mol. The molecule has 0 spiro atoms. The van der Waals surface area contributed by atoms with E-state index >= 15 is 0 Å². The third-order valence-electron chi connectivity index (χ3n) is 4.02. The van der Waals surface area contributed by atoms with Crippen molar-refractivity contribution in [1.29, 1.82) is 0 Å². The number of fused-ring (bicyclic) bond motifs is 1. The smallest absolute Gasteiger partial charge is 0.125 e. The molecule has 0 aliphatic carbocycles. The molecule has 18 heavy (non-hydrogen) atoms. The molecule has 1 heterocycles. The second-order valence-electron chi connectivity index (χ2n) is 4.99. The first kappa shape index (κ1) is 13.9. The van der Waals surface area contributed by atoms with Gasteiger partial charge in [-0.3, -0.25) is 0 Å². The number of ether oxygens (including phenoxy) is 1. The maximum atomic E-state index is 6.22. The van der Waals surface area contributed by atoms with Crippen molar-refractivity contribution in [3.63, 3.8) is 0 Å². The average Bonchev–Trinajstić information content (AvgIpc) is 2.38. The second kappa shape index (κ2) is 6.07. The van der Waals surface area contributed by atoms with Gasteiger partial charge in [-0.2, -0.15) is 0 Å². The van der Waals surface area contributed by atoms with Gasteiger partial charge in [-0.05, 0) is 37.9 Å². The molecule has 1 aromatic rings. The van der Waals surface area contributed by atoms with Crippen LogP contribution in [-0.2, 0) is 0 Å². The lowest BCUT2D eigenvalue weighted by molar-refractivity contribution is 0.0893. The van der Waals surface area contributed by atoms with E-state index in [0.717, 1.165) is 16.6 Å². The molecule has 3 heteroatoms. The van der Waals surface area contributed by atoms with Gasteiger partial charge in [0.05, 0.1) is 0 Å². The molecule has 1 aliphatic rings. The Hall–Kier alpha value is -0.540. The molecule has 2 unspecified atom stereocenters. The first-order valence-corrected chi connectivity index (χ1v) is 7.62. The van der Waals surface area contributed by atoms with Crippen LogP contribution in [0.25, 0.3) is 0 Å². The zero-order valence-electron chi connectivity index (χ0n) is 11.4. The van der Waals surface area contributed by atoms with Crippen molar-refractivity contribution >= 4 is 15.9 Å². The Morgan fingerprint density at radius 3 is 2.72 bits per heavy atom. The highest BCUT2D eigenvalue weighted by atomic mass is 79.9. The van der Waals surface area contributed by atoms with Gasteiger partial charge in [0.2, 0.25) is 0 Å². The van der Waals surface area contributed by atoms with E-state index in [-0.39, 0.29) is 0 Å². The summed E-state index contributed by atoms with van der Waals surface area (Å²) >= 11 is 3.52. The summed E-state index contributed by atoms with van der Waals surface area (Å²) in [5.41, 5.74) is 1.28. The van der Waals surface area contributed by atoms with Crippen molar-refractivity contribution in [2.75, 3.05) is 7.05 Å². The molecule has 0 saturated heterocycles. The molecule has 0 fully saturated rings. The van der Waals surface area contributed by atoms with E-state index in [1.807, 2.05) is 7.05 Å². The van der Waals surface area contributed by atoms with Gasteiger partial charge >= 0.3 is 0 Å². The summed E-state index contributed by atoms with van der Waals surface area (Å²) in [6.07, 6.45) is 3.76. The summed E-state index contributed by atoms with van der Waals surface area (Å²) in [6, 6.07) is 6.74. The summed E-state index contributed by atoms with van der Waals surface area (Å²) in [5.74, 6) is 1.68. The Morgan fingerprint density at radius 2 is 2.11 bits per heavy atom. The van der Waals surface area contributed by atoms with E-state index in [0.29, 0.717) is 18.1 Å². The van der Waals surface area contributed by atoms with Crippen LogP contribution in [0.5, 0.6) is 5.75 Å². The summed E-state index contributed by atoms with van der Waals surface area (Å²) in [6.45, 7) is 4.50. The topological polar surface area (TPSA) is 21.3 Å². The quantitative estimate of drug-likeness (QED) is 0.895. The Balaban J connectivity index is 2.28. The number of hydrogen-bond acceptors (Lipinski definition) is 2. The van der Waals surface area contributed by atoms with E-state index < -0.39 is 0 Å². The summed E-state index contributed by atoms with van der Waals surface area (Å²) in [4.78, 5) is 0. The Morgan fingerprint density at radius 1 is 1.39 bits per heavy atom. The van der Waals surface area contributed by atoms with Crippen molar-refractivity contribution in [3.05, 3.63) is 28.2 Å². The molecule has 0 saturated carbocycles. The normalized spacial score (nSPS) is 22.7. The highest BCUT2D eigenvalue weighted by Gasteiger charge is 2.31. The largest absolute Gasteiger partial charge is 0.490 e. The maximum absolute atomic E-state index is 6.22. The molecule has 2 atom stereocenters. The van der Waals surface area contributed by atoms with Crippen LogP contribution in [-0.4, -0.2) is 13.2 Å². The van der Waals surface area contributed by atoms with Crippen molar-refractivity contribution in [3.8, 4) is 5.75 Å². The van der Waals surface area contributed by atoms with E-state index in [4.69, 9.17) is 4.74 Å². The van der Waals surface area contributed by atoms with Gasteiger partial charge in [-0.15, -0.1) is 0 Å². The van der Waals surface area contributed by atoms with Crippen molar-refractivity contribution in [1.82, 2.24) is 5.32 Å². The summed E-state index contributed by atoms with van der Waals surface area (Å²) in [5, 5.41) is 3.42. The second-order valence-corrected chi connectivity index (χ2v) is 5.91. The highest BCUT2D eigenvalue weighted by molar-refractivity contribution is 9.10. The van der Waals surface area contributed by atoms with Gasteiger partial charge in [-0.25, -0.2) is 0 Å². The molecular formula is C15H22BrNO. The van der Waals surface area contributed by atoms with Gasteiger partial charge in [0.1, 0.15) is 11.9 Å². The lowest BCUT2D eigenvalue weighted by Crippen LogP contribution is -2.36. The summed E-state index contributed by atoms with van der Waals surface area (Å²) < 4.78 is 7.30. The van der Waals surface area contributed by atoms with E-state index in [1.165, 1.54) is 18.4 Å². The van der Waals surface area contributed by atoms with Crippen LogP contribution in [0.4, 0.5) is 0 Å². The molecule has 100 valence electrons. The van der Waals surface area contributed by atoms with Crippen LogP contribution in [0.15, 0.2) is 22.7 Å². The van der Waals surface area contributed by atoms with Crippen LogP contribution < -0.4 is 10.1 Å². The number of halogens is 1. The number of hydrogen-bond donors (Lipinski definition) is 1. The van der Waals surface area contributed by atoms with Gasteiger partial charge in [0, 0.05) is 22.5 Å². The van der Waals surface area contributed by atoms with Crippen LogP contribution in [0.3, 0.4) is 0 Å². The third-order valence-corrected chi connectivity index (χ3v) is 4.51. The number of rotatable bonds is 4. The minimum Gasteiger partial charge on any atom is -0.490 e. The van der Waals surface area contributed by atoms with Crippen LogP contribution in [0.1, 0.15) is 44.7 Å². The fraction of sp³-hybridized carbons (Fsp3) is 0.600. The van der Waals surface area contributed by atoms with Crippen molar-refractivity contribution in [2.45, 2.75) is 45.3 Å². The molecule has 0 aromatic heterocycles. The van der Waals surface area contributed by atoms with Crippen molar-refractivity contribution < 1.29 is 4.74 Å². The maximum Gasteiger partial charge on any atom is 0.125 e. The predicted molar refractivity (Wildman–Crippen MR) is 79.0 cm³/mol. The Kier molecular flexibility index (Phi) is 4.68. The third kappa shape index (κ3) is 2.72. The fourth-order valence-corrected chi connectivity index (χ4v) is 3.19. The van der Waals surface area contributed by atoms with Crippen LogP contribution in [0, 0.1) is 5.92 Å². The van der Waals surface area contributed by atoms with Gasteiger partial charge < -0.3 is 10.1 Å². The monoisotopic (exact) mass is 311 g/mol. The predicted octanol–water partition coefficient (Wildman–Crippen LogP) is 4.30. The van der Waals surface area contributed by atoms with E-state index in [2.05, 4.69) is 53.3 Å². The molecule has 2 nitrogen and oxygen atoms in total. The lowest BCUT2D eigenvalue weighted by Gasteiger charge is -2.36. The van der Waals surface area contributed by atoms with Crippen LogP contribution >= 0.6 is 15.9 Å². The first-order valence-electron chi connectivity index (χ1n) is 6.82. The zero-order valence-corrected chi connectivity index (χ0v) is 13.0.